The van der Waals surface area contributed by atoms with Crippen LogP contribution in [0.3, 0.4) is 0 Å². The number of benzene rings is 1. The van der Waals surface area contributed by atoms with E-state index in [0.717, 1.165) is 26.2 Å². The van der Waals surface area contributed by atoms with Crippen molar-refractivity contribution in [3.05, 3.63) is 29.3 Å². The maximum Gasteiger partial charge on any atom is 0.0588 e. The molecular weight excluding hydrogens is 272 g/mol. The number of nitrogens with zero attached hydrogens (tertiary/aromatic N) is 1. The fourth-order valence-electron chi connectivity index (χ4n) is 3.15. The molecule has 0 radical (unpaired) electrons. The van der Waals surface area contributed by atoms with E-state index in [9.17, 15) is 0 Å². The summed E-state index contributed by atoms with van der Waals surface area (Å²) in [4.78, 5) is 2.41. The molecule has 1 unspecified atom stereocenters. The highest BCUT2D eigenvalue weighted by molar-refractivity contribution is 5.85. The summed E-state index contributed by atoms with van der Waals surface area (Å²) in [6.07, 6.45) is 5.32. The smallest absolute Gasteiger partial charge is 0.0588 e. The lowest BCUT2D eigenvalue weighted by Crippen LogP contribution is -2.23. The third-order valence-electron chi connectivity index (χ3n) is 4.23. The highest BCUT2D eigenvalue weighted by Crippen LogP contribution is 2.27. The second-order valence-corrected chi connectivity index (χ2v) is 5.79. The molecule has 0 bridgehead atoms. The number of rotatable bonds is 5. The van der Waals surface area contributed by atoms with Crippen LogP contribution in [0, 0.1) is 0 Å². The van der Waals surface area contributed by atoms with E-state index in [-0.39, 0.29) is 12.4 Å². The van der Waals surface area contributed by atoms with Crippen LogP contribution in [0.1, 0.15) is 30.4 Å². The molecule has 0 spiro atoms. The number of halogens is 1. The van der Waals surface area contributed by atoms with E-state index >= 15 is 0 Å². The van der Waals surface area contributed by atoms with Crippen LogP contribution in [0.25, 0.3) is 0 Å². The van der Waals surface area contributed by atoms with Gasteiger partial charge < -0.3 is 15.0 Å². The maximum absolute atomic E-state index is 5.69. The van der Waals surface area contributed by atoms with Gasteiger partial charge in [0.05, 0.1) is 6.10 Å². The van der Waals surface area contributed by atoms with Gasteiger partial charge in [0.1, 0.15) is 0 Å². The van der Waals surface area contributed by atoms with Crippen LogP contribution in [0.2, 0.25) is 0 Å². The Morgan fingerprint density at radius 2 is 2.30 bits per heavy atom. The molecular formula is C16H25ClN2O. The standard InChI is InChI=1S/C16H24N2O.ClH/c1-18(10-8-15-6-3-11-19-15)12-14-5-2-4-13-7-9-17-16(13)14;/h2,4-5,15,17H,3,6-12H2,1H3;1H. The van der Waals surface area contributed by atoms with Crippen molar-refractivity contribution in [1.29, 1.82) is 0 Å². The van der Waals surface area contributed by atoms with Gasteiger partial charge >= 0.3 is 0 Å². The Balaban J connectivity index is 0.00000147. The fourth-order valence-corrected chi connectivity index (χ4v) is 3.15. The maximum atomic E-state index is 5.69. The summed E-state index contributed by atoms with van der Waals surface area (Å²) in [5.74, 6) is 0. The molecule has 1 fully saturated rings. The van der Waals surface area contributed by atoms with Crippen molar-refractivity contribution in [3.63, 3.8) is 0 Å². The summed E-state index contributed by atoms with van der Waals surface area (Å²) in [7, 11) is 2.21. The molecule has 2 aliphatic rings. The van der Waals surface area contributed by atoms with Crippen LogP contribution in [-0.2, 0) is 17.7 Å². The minimum absolute atomic E-state index is 0. The normalized spacial score (nSPS) is 20.6. The van der Waals surface area contributed by atoms with Crippen molar-refractivity contribution < 1.29 is 4.74 Å². The van der Waals surface area contributed by atoms with Crippen molar-refractivity contribution in [2.45, 2.75) is 38.3 Å². The van der Waals surface area contributed by atoms with Crippen molar-refractivity contribution in [2.24, 2.45) is 0 Å². The summed E-state index contributed by atoms with van der Waals surface area (Å²) in [5, 5.41) is 3.52. The fraction of sp³-hybridized carbons (Fsp3) is 0.625. The van der Waals surface area contributed by atoms with Crippen LogP contribution in [0.5, 0.6) is 0 Å². The van der Waals surface area contributed by atoms with Gasteiger partial charge in [-0.2, -0.15) is 0 Å². The van der Waals surface area contributed by atoms with Crippen LogP contribution in [0.4, 0.5) is 5.69 Å². The first kappa shape index (κ1) is 15.6. The van der Waals surface area contributed by atoms with Gasteiger partial charge in [0, 0.05) is 31.9 Å². The van der Waals surface area contributed by atoms with E-state index in [1.807, 2.05) is 0 Å². The second kappa shape index (κ2) is 7.30. The van der Waals surface area contributed by atoms with Gasteiger partial charge in [-0.1, -0.05) is 18.2 Å². The Labute approximate surface area is 128 Å². The van der Waals surface area contributed by atoms with Crippen LogP contribution < -0.4 is 5.32 Å². The Morgan fingerprint density at radius 3 is 3.10 bits per heavy atom. The average Bonchev–Trinajstić information content (AvgIpc) is 3.08. The molecule has 3 rings (SSSR count). The van der Waals surface area contributed by atoms with Crippen molar-refractivity contribution >= 4 is 18.1 Å². The van der Waals surface area contributed by atoms with Crippen LogP contribution in [0.15, 0.2) is 18.2 Å². The monoisotopic (exact) mass is 296 g/mol. The number of fused-ring (bicyclic) bond motifs is 1. The first-order valence-corrected chi connectivity index (χ1v) is 7.48. The molecule has 20 heavy (non-hydrogen) atoms. The molecule has 3 nitrogen and oxygen atoms in total. The molecule has 1 aromatic rings. The lowest BCUT2D eigenvalue weighted by molar-refractivity contribution is 0.0944. The Hall–Kier alpha value is -0.770. The van der Waals surface area contributed by atoms with E-state index in [1.165, 1.54) is 42.5 Å². The van der Waals surface area contributed by atoms with Gasteiger partial charge in [0.2, 0.25) is 0 Å². The molecule has 112 valence electrons. The molecule has 1 saturated heterocycles. The molecule has 2 aliphatic heterocycles. The molecule has 2 heterocycles. The van der Waals surface area contributed by atoms with Crippen molar-refractivity contribution in [1.82, 2.24) is 4.90 Å². The topological polar surface area (TPSA) is 24.5 Å². The predicted molar refractivity (Wildman–Crippen MR) is 85.8 cm³/mol. The van der Waals surface area contributed by atoms with Gasteiger partial charge in [0.15, 0.2) is 0 Å². The second-order valence-electron chi connectivity index (χ2n) is 5.79. The quantitative estimate of drug-likeness (QED) is 0.904. The molecule has 1 N–H and O–H groups in total. The largest absolute Gasteiger partial charge is 0.384 e. The molecule has 0 amide bonds. The number of anilines is 1. The molecule has 1 atom stereocenters. The zero-order valence-electron chi connectivity index (χ0n) is 12.2. The summed E-state index contributed by atoms with van der Waals surface area (Å²) < 4.78 is 5.69. The van der Waals surface area contributed by atoms with Gasteiger partial charge in [-0.25, -0.2) is 0 Å². The van der Waals surface area contributed by atoms with Gasteiger partial charge in [-0.15, -0.1) is 12.4 Å². The molecule has 0 saturated carbocycles. The summed E-state index contributed by atoms with van der Waals surface area (Å²) >= 11 is 0. The summed E-state index contributed by atoms with van der Waals surface area (Å²) in [6.45, 7) is 4.20. The number of ether oxygens (including phenoxy) is 1. The number of hydrogen-bond acceptors (Lipinski definition) is 3. The first-order valence-electron chi connectivity index (χ1n) is 7.48. The van der Waals surface area contributed by atoms with Gasteiger partial charge in [-0.3, -0.25) is 0 Å². The highest BCUT2D eigenvalue weighted by atomic mass is 35.5. The van der Waals surface area contributed by atoms with Gasteiger partial charge in [-0.05, 0) is 43.9 Å². The summed E-state index contributed by atoms with van der Waals surface area (Å²) in [6, 6.07) is 6.68. The Bertz CT molecular complexity index is 432. The summed E-state index contributed by atoms with van der Waals surface area (Å²) in [5.41, 5.74) is 4.29. The minimum Gasteiger partial charge on any atom is -0.384 e. The predicted octanol–water partition coefficient (Wildman–Crippen LogP) is 3.08. The van der Waals surface area contributed by atoms with Crippen molar-refractivity contribution in [3.8, 4) is 0 Å². The number of hydrogen-bond donors (Lipinski definition) is 1. The number of nitrogens with one attached hydrogen (secondary N) is 1. The highest BCUT2D eigenvalue weighted by Gasteiger charge is 2.17. The third kappa shape index (κ3) is 3.66. The Morgan fingerprint density at radius 1 is 1.40 bits per heavy atom. The number of para-hydroxylation sites is 1. The zero-order valence-corrected chi connectivity index (χ0v) is 13.0. The lowest BCUT2D eigenvalue weighted by atomic mass is 10.1. The lowest BCUT2D eigenvalue weighted by Gasteiger charge is -2.20. The zero-order chi connectivity index (χ0) is 13.1. The van der Waals surface area contributed by atoms with Crippen LogP contribution in [-0.4, -0.2) is 37.7 Å². The minimum atomic E-state index is 0. The van der Waals surface area contributed by atoms with E-state index in [2.05, 4.69) is 35.5 Å². The third-order valence-corrected chi connectivity index (χ3v) is 4.23. The Kier molecular flexibility index (Phi) is 5.70. The molecule has 1 aromatic carbocycles. The van der Waals surface area contributed by atoms with Crippen LogP contribution >= 0.6 is 12.4 Å². The van der Waals surface area contributed by atoms with E-state index < -0.39 is 0 Å². The van der Waals surface area contributed by atoms with E-state index in [0.29, 0.717) is 6.10 Å². The first-order chi connectivity index (χ1) is 9.33. The molecule has 0 aliphatic carbocycles. The molecule has 0 aromatic heterocycles. The van der Waals surface area contributed by atoms with Gasteiger partial charge in [0.25, 0.3) is 0 Å². The van der Waals surface area contributed by atoms with E-state index in [4.69, 9.17) is 4.74 Å². The van der Waals surface area contributed by atoms with E-state index in [1.54, 1.807) is 0 Å². The van der Waals surface area contributed by atoms with Crippen molar-refractivity contribution in [2.75, 3.05) is 32.1 Å². The average molecular weight is 297 g/mol. The SMILES string of the molecule is CN(CCC1CCCO1)Cc1cccc2c1NCC2.Cl. The molecule has 4 heteroatoms.